The van der Waals surface area contributed by atoms with Gasteiger partial charge in [-0.25, -0.2) is 0 Å². The van der Waals surface area contributed by atoms with E-state index in [2.05, 4.69) is 23.6 Å². The molecule has 0 bridgehead atoms. The van der Waals surface area contributed by atoms with E-state index in [9.17, 15) is 14.9 Å². The van der Waals surface area contributed by atoms with Gasteiger partial charge in [0, 0.05) is 13.0 Å². The second kappa shape index (κ2) is 10.1. The Morgan fingerprint density at radius 2 is 1.77 bits per heavy atom. The van der Waals surface area contributed by atoms with Crippen LogP contribution in [-0.2, 0) is 16.1 Å². The molecule has 1 aliphatic rings. The van der Waals surface area contributed by atoms with E-state index in [-0.39, 0.29) is 11.8 Å². The average molecular weight is 404 g/mol. The summed E-state index contributed by atoms with van der Waals surface area (Å²) in [6.45, 7) is 2.46. The monoisotopic (exact) mass is 403 g/mol. The number of hydrogen-bond donors (Lipinski definition) is 2. The van der Waals surface area contributed by atoms with Crippen molar-refractivity contribution in [3.63, 3.8) is 0 Å². The zero-order chi connectivity index (χ0) is 21.4. The van der Waals surface area contributed by atoms with E-state index >= 15 is 0 Å². The first-order chi connectivity index (χ1) is 14.6. The van der Waals surface area contributed by atoms with Crippen LogP contribution in [0, 0.1) is 11.3 Å². The Morgan fingerprint density at radius 3 is 2.43 bits per heavy atom. The first kappa shape index (κ1) is 21.6. The molecule has 2 N–H and O–H groups in total. The largest absolute Gasteiger partial charge is 0.350 e. The molecule has 0 heterocycles. The van der Waals surface area contributed by atoms with Crippen LogP contribution >= 0.6 is 0 Å². The quantitative estimate of drug-likeness (QED) is 0.683. The molecule has 0 spiro atoms. The van der Waals surface area contributed by atoms with Gasteiger partial charge in [-0.15, -0.1) is 0 Å². The summed E-state index contributed by atoms with van der Waals surface area (Å²) >= 11 is 0. The summed E-state index contributed by atoms with van der Waals surface area (Å²) in [7, 11) is 0. The molecule has 3 rings (SSSR count). The van der Waals surface area contributed by atoms with Gasteiger partial charge >= 0.3 is 0 Å². The number of hydrogen-bond acceptors (Lipinski definition) is 3. The number of nitriles is 1. The Labute approximate surface area is 178 Å². The summed E-state index contributed by atoms with van der Waals surface area (Å²) in [5.74, 6) is -0.127. The van der Waals surface area contributed by atoms with E-state index in [4.69, 9.17) is 0 Å². The third-order valence-electron chi connectivity index (χ3n) is 5.79. The van der Waals surface area contributed by atoms with Gasteiger partial charge in [0.25, 0.3) is 0 Å². The van der Waals surface area contributed by atoms with Gasteiger partial charge in [0.1, 0.15) is 5.54 Å². The summed E-state index contributed by atoms with van der Waals surface area (Å²) in [5, 5.41) is 15.3. The first-order valence-corrected chi connectivity index (χ1v) is 10.8. The normalized spacial score (nSPS) is 14.7. The van der Waals surface area contributed by atoms with Crippen LogP contribution in [0.5, 0.6) is 0 Å². The van der Waals surface area contributed by atoms with Crippen LogP contribution in [0.2, 0.25) is 0 Å². The smallest absolute Gasteiger partial charge is 0.246 e. The summed E-state index contributed by atoms with van der Waals surface area (Å²) in [6, 6.07) is 17.6. The van der Waals surface area contributed by atoms with E-state index in [1.165, 1.54) is 0 Å². The molecule has 2 amide bonds. The lowest BCUT2D eigenvalue weighted by Gasteiger charge is -2.29. The number of amides is 2. The predicted molar refractivity (Wildman–Crippen MR) is 117 cm³/mol. The molecule has 1 fully saturated rings. The highest BCUT2D eigenvalue weighted by Crippen LogP contribution is 2.30. The van der Waals surface area contributed by atoms with Crippen LogP contribution in [0.1, 0.15) is 63.0 Å². The van der Waals surface area contributed by atoms with Crippen molar-refractivity contribution in [2.45, 2.75) is 64.0 Å². The van der Waals surface area contributed by atoms with Gasteiger partial charge in [-0.1, -0.05) is 68.7 Å². The lowest BCUT2D eigenvalue weighted by atomic mass is 9.95. The van der Waals surface area contributed by atoms with Crippen molar-refractivity contribution >= 4 is 11.8 Å². The molecular formula is C25H29N3O2. The van der Waals surface area contributed by atoms with Crippen molar-refractivity contribution in [3.05, 3.63) is 59.7 Å². The Kier molecular flexibility index (Phi) is 7.24. The van der Waals surface area contributed by atoms with E-state index in [0.717, 1.165) is 42.4 Å². The molecule has 0 saturated heterocycles. The minimum atomic E-state index is -0.767. The summed E-state index contributed by atoms with van der Waals surface area (Å²) in [4.78, 5) is 25.2. The zero-order valence-electron chi connectivity index (χ0n) is 17.5. The Bertz CT molecular complexity index is 922. The molecular weight excluding hydrogens is 374 g/mol. The molecule has 30 heavy (non-hydrogen) atoms. The molecule has 2 aromatic rings. The first-order valence-electron chi connectivity index (χ1n) is 10.8. The molecule has 0 radical (unpaired) electrons. The van der Waals surface area contributed by atoms with Gasteiger partial charge in [-0.3, -0.25) is 9.59 Å². The van der Waals surface area contributed by atoms with Crippen molar-refractivity contribution < 1.29 is 9.59 Å². The molecule has 0 aromatic heterocycles. The standard InChI is InChI=1S/C25H29N3O2/c1-2-3-10-23(29)28-25(15-6-7-16-25)24(30)27-18-19-11-13-20(14-12-19)22-9-5-4-8-21(22)17-26/h4-5,8-9,11-14H,2-3,6-7,10,15-16,18H2,1H3,(H,27,30)(H,28,29). The maximum atomic E-state index is 13.0. The highest BCUT2D eigenvalue weighted by molar-refractivity contribution is 5.91. The molecule has 5 nitrogen and oxygen atoms in total. The molecule has 2 aromatic carbocycles. The Hall–Kier alpha value is -3.13. The topological polar surface area (TPSA) is 82.0 Å². The second-order valence-electron chi connectivity index (χ2n) is 7.98. The number of unbranched alkanes of at least 4 members (excludes halogenated alkanes) is 1. The fourth-order valence-electron chi connectivity index (χ4n) is 4.04. The number of benzene rings is 2. The van der Waals surface area contributed by atoms with Crippen LogP contribution in [0.15, 0.2) is 48.5 Å². The molecule has 156 valence electrons. The van der Waals surface area contributed by atoms with Crippen LogP contribution in [0.3, 0.4) is 0 Å². The molecule has 5 heteroatoms. The SMILES string of the molecule is CCCCC(=O)NC1(C(=O)NCc2ccc(-c3ccccc3C#N)cc2)CCCC1. The van der Waals surface area contributed by atoms with E-state index < -0.39 is 5.54 Å². The molecule has 0 aliphatic heterocycles. The maximum absolute atomic E-state index is 13.0. The van der Waals surface area contributed by atoms with Crippen molar-refractivity contribution in [2.24, 2.45) is 0 Å². The van der Waals surface area contributed by atoms with Crippen LogP contribution in [0.4, 0.5) is 0 Å². The van der Waals surface area contributed by atoms with E-state index in [1.54, 1.807) is 6.07 Å². The molecule has 1 aliphatic carbocycles. The number of nitrogens with zero attached hydrogens (tertiary/aromatic N) is 1. The van der Waals surface area contributed by atoms with Crippen molar-refractivity contribution in [1.29, 1.82) is 5.26 Å². The van der Waals surface area contributed by atoms with Crippen molar-refractivity contribution in [2.75, 3.05) is 0 Å². The van der Waals surface area contributed by atoms with Crippen LogP contribution in [0.25, 0.3) is 11.1 Å². The maximum Gasteiger partial charge on any atom is 0.246 e. The van der Waals surface area contributed by atoms with Gasteiger partial charge in [0.2, 0.25) is 11.8 Å². The lowest BCUT2D eigenvalue weighted by molar-refractivity contribution is -0.133. The Morgan fingerprint density at radius 1 is 1.07 bits per heavy atom. The van der Waals surface area contributed by atoms with Crippen molar-refractivity contribution in [3.8, 4) is 17.2 Å². The van der Waals surface area contributed by atoms with E-state index in [0.29, 0.717) is 31.4 Å². The van der Waals surface area contributed by atoms with Gasteiger partial charge in [0.05, 0.1) is 11.6 Å². The van der Waals surface area contributed by atoms with Gasteiger partial charge in [0.15, 0.2) is 0 Å². The second-order valence-corrected chi connectivity index (χ2v) is 7.98. The van der Waals surface area contributed by atoms with Crippen LogP contribution < -0.4 is 10.6 Å². The fourth-order valence-corrected chi connectivity index (χ4v) is 4.04. The molecule has 0 unspecified atom stereocenters. The average Bonchev–Trinajstić information content (AvgIpc) is 3.26. The van der Waals surface area contributed by atoms with Crippen LogP contribution in [-0.4, -0.2) is 17.4 Å². The Balaban J connectivity index is 1.63. The van der Waals surface area contributed by atoms with Crippen molar-refractivity contribution in [1.82, 2.24) is 10.6 Å². The van der Waals surface area contributed by atoms with E-state index in [1.807, 2.05) is 42.5 Å². The minimum absolute atomic E-state index is 0.0330. The van der Waals surface area contributed by atoms with Gasteiger partial charge in [-0.2, -0.15) is 5.26 Å². The number of rotatable bonds is 8. The highest BCUT2D eigenvalue weighted by atomic mass is 16.2. The lowest BCUT2D eigenvalue weighted by Crippen LogP contribution is -2.57. The highest BCUT2D eigenvalue weighted by Gasteiger charge is 2.42. The number of carbonyl (C=O) groups is 2. The summed E-state index contributed by atoms with van der Waals surface area (Å²) in [5.41, 5.74) is 2.72. The number of carbonyl (C=O) groups excluding carboxylic acids is 2. The zero-order valence-corrected chi connectivity index (χ0v) is 17.5. The minimum Gasteiger partial charge on any atom is -0.350 e. The third-order valence-corrected chi connectivity index (χ3v) is 5.79. The summed E-state index contributed by atoms with van der Waals surface area (Å²) < 4.78 is 0. The third kappa shape index (κ3) is 5.07. The molecule has 1 saturated carbocycles. The van der Waals surface area contributed by atoms with Gasteiger partial charge in [-0.05, 0) is 42.0 Å². The summed E-state index contributed by atoms with van der Waals surface area (Å²) in [6.07, 6.45) is 5.56. The van der Waals surface area contributed by atoms with Gasteiger partial charge < -0.3 is 10.6 Å². The number of nitrogens with one attached hydrogen (secondary N) is 2. The molecule has 0 atom stereocenters. The predicted octanol–water partition coefficient (Wildman–Crippen LogP) is 4.46. The fraction of sp³-hybridized carbons (Fsp3) is 0.400.